The fraction of sp³-hybridized carbons (Fsp3) is 0.500. The lowest BCUT2D eigenvalue weighted by Gasteiger charge is -2.29. The molecule has 21 heavy (non-hydrogen) atoms. The van der Waals surface area contributed by atoms with Gasteiger partial charge in [-0.25, -0.2) is 0 Å². The van der Waals surface area contributed by atoms with Crippen molar-refractivity contribution >= 4 is 5.97 Å². The molecule has 0 aliphatic carbocycles. The van der Waals surface area contributed by atoms with E-state index in [2.05, 4.69) is 0 Å². The van der Waals surface area contributed by atoms with Gasteiger partial charge in [0.25, 0.3) is 0 Å². The first-order valence-corrected chi connectivity index (χ1v) is 6.38. The molecule has 0 aliphatic heterocycles. The van der Waals surface area contributed by atoms with Crippen LogP contribution in [0.1, 0.15) is 24.1 Å². The van der Waals surface area contributed by atoms with Gasteiger partial charge >= 0.3 is 12.1 Å². The summed E-state index contributed by atoms with van der Waals surface area (Å²) in [5.41, 5.74) is -0.687. The molecule has 4 nitrogen and oxygen atoms in total. The van der Waals surface area contributed by atoms with Gasteiger partial charge in [-0.05, 0) is 18.6 Å². The molecule has 1 unspecified atom stereocenters. The number of halogens is 3. The Labute approximate surface area is 121 Å². The van der Waals surface area contributed by atoms with E-state index in [4.69, 9.17) is 9.84 Å². The van der Waals surface area contributed by atoms with Gasteiger partial charge < -0.3 is 9.84 Å². The van der Waals surface area contributed by atoms with Crippen LogP contribution in [-0.4, -0.2) is 42.8 Å². The largest absolute Gasteiger partial charge is 0.480 e. The first kappa shape index (κ1) is 17.5. The number of alkyl halides is 3. The zero-order valence-electron chi connectivity index (χ0n) is 11.9. The molecule has 0 heterocycles. The highest BCUT2D eigenvalue weighted by Crippen LogP contribution is 2.35. The van der Waals surface area contributed by atoms with Gasteiger partial charge in [0.1, 0.15) is 0 Å². The lowest BCUT2D eigenvalue weighted by atomic mass is 9.99. The van der Waals surface area contributed by atoms with E-state index in [0.29, 0.717) is 0 Å². The van der Waals surface area contributed by atoms with Gasteiger partial charge in [-0.3, -0.25) is 9.69 Å². The highest BCUT2D eigenvalue weighted by molar-refractivity contribution is 5.69. The van der Waals surface area contributed by atoms with Crippen LogP contribution in [0.2, 0.25) is 0 Å². The monoisotopic (exact) mass is 305 g/mol. The Morgan fingerprint density at radius 3 is 2.52 bits per heavy atom. The highest BCUT2D eigenvalue weighted by atomic mass is 19.4. The first-order chi connectivity index (χ1) is 9.77. The third-order valence-corrected chi connectivity index (χ3v) is 3.18. The fourth-order valence-electron chi connectivity index (χ4n) is 2.11. The van der Waals surface area contributed by atoms with E-state index in [1.165, 1.54) is 30.2 Å². The van der Waals surface area contributed by atoms with Crippen LogP contribution in [0.4, 0.5) is 13.2 Å². The van der Waals surface area contributed by atoms with Crippen LogP contribution in [0.15, 0.2) is 24.3 Å². The number of nitrogens with zero attached hydrogens (tertiary/aromatic N) is 1. The lowest BCUT2D eigenvalue weighted by Crippen LogP contribution is -2.35. The predicted molar refractivity (Wildman–Crippen MR) is 70.9 cm³/mol. The Kier molecular flexibility index (Phi) is 6.17. The molecule has 0 aromatic heterocycles. The summed E-state index contributed by atoms with van der Waals surface area (Å²) < 4.78 is 44.0. The number of hydrogen-bond acceptors (Lipinski definition) is 3. The maximum atomic E-state index is 13.0. The van der Waals surface area contributed by atoms with Crippen molar-refractivity contribution in [1.82, 2.24) is 4.90 Å². The molecule has 0 fully saturated rings. The lowest BCUT2D eigenvalue weighted by molar-refractivity contribution is -0.139. The van der Waals surface area contributed by atoms with Crippen molar-refractivity contribution in [3.8, 4) is 0 Å². The number of carbonyl (C=O) groups is 1. The summed E-state index contributed by atoms with van der Waals surface area (Å²) in [6, 6.07) is 4.51. The Balaban J connectivity index is 3.08. The third kappa shape index (κ3) is 5.02. The van der Waals surface area contributed by atoms with Crippen LogP contribution < -0.4 is 0 Å². The van der Waals surface area contributed by atoms with Crippen LogP contribution >= 0.6 is 0 Å². The minimum absolute atomic E-state index is 0.0577. The molecule has 0 saturated heterocycles. The zero-order chi connectivity index (χ0) is 16.0. The van der Waals surface area contributed by atoms with Gasteiger partial charge in [0.2, 0.25) is 0 Å². The molecule has 1 aromatic rings. The van der Waals surface area contributed by atoms with E-state index in [-0.39, 0.29) is 25.3 Å². The highest BCUT2D eigenvalue weighted by Gasteiger charge is 2.35. The summed E-state index contributed by atoms with van der Waals surface area (Å²) in [5, 5.41) is 8.90. The van der Waals surface area contributed by atoms with Gasteiger partial charge in [0, 0.05) is 19.7 Å². The van der Waals surface area contributed by atoms with Crippen molar-refractivity contribution in [2.75, 3.05) is 26.8 Å². The van der Waals surface area contributed by atoms with E-state index in [0.717, 1.165) is 6.07 Å². The average molecular weight is 305 g/mol. The van der Waals surface area contributed by atoms with E-state index < -0.39 is 23.8 Å². The smallest absolute Gasteiger partial charge is 0.416 e. The van der Waals surface area contributed by atoms with Crippen molar-refractivity contribution in [3.05, 3.63) is 35.4 Å². The summed E-state index contributed by atoms with van der Waals surface area (Å²) in [4.78, 5) is 12.3. The second-order valence-corrected chi connectivity index (χ2v) is 4.62. The van der Waals surface area contributed by atoms with Gasteiger partial charge in [0.05, 0.1) is 18.7 Å². The molecule has 0 bridgehead atoms. The summed E-state index contributed by atoms with van der Waals surface area (Å²) in [5.74, 6) is -1.09. The number of carboxylic acids is 1. The van der Waals surface area contributed by atoms with Crippen LogP contribution in [0.3, 0.4) is 0 Å². The molecule has 0 amide bonds. The van der Waals surface area contributed by atoms with Crippen molar-refractivity contribution in [2.24, 2.45) is 0 Å². The van der Waals surface area contributed by atoms with Crippen molar-refractivity contribution in [1.29, 1.82) is 0 Å². The topological polar surface area (TPSA) is 49.8 Å². The Morgan fingerprint density at radius 2 is 2.00 bits per heavy atom. The van der Waals surface area contributed by atoms with Crippen LogP contribution in [0, 0.1) is 0 Å². The SMILES string of the molecule is COCCN(CC(=O)O)C(C)c1ccccc1C(F)(F)F. The molecule has 0 radical (unpaired) electrons. The predicted octanol–water partition coefficient (Wildman–Crippen LogP) is 2.80. The first-order valence-electron chi connectivity index (χ1n) is 6.38. The van der Waals surface area contributed by atoms with Crippen molar-refractivity contribution in [3.63, 3.8) is 0 Å². The zero-order valence-corrected chi connectivity index (χ0v) is 11.9. The Hall–Kier alpha value is -1.60. The minimum atomic E-state index is -4.47. The number of rotatable bonds is 7. The number of benzene rings is 1. The minimum Gasteiger partial charge on any atom is -0.480 e. The molecule has 7 heteroatoms. The van der Waals surface area contributed by atoms with E-state index in [1.807, 2.05) is 0 Å². The number of ether oxygens (including phenoxy) is 1. The summed E-state index contributed by atoms with van der Waals surface area (Å²) in [6.45, 7) is 1.68. The number of methoxy groups -OCH3 is 1. The fourth-order valence-corrected chi connectivity index (χ4v) is 2.11. The molecule has 1 aromatic carbocycles. The average Bonchev–Trinajstić information content (AvgIpc) is 2.41. The summed E-state index contributed by atoms with van der Waals surface area (Å²) >= 11 is 0. The van der Waals surface area contributed by atoms with Gasteiger partial charge in [0.15, 0.2) is 0 Å². The molecule has 0 spiro atoms. The molecule has 1 atom stereocenters. The quantitative estimate of drug-likeness (QED) is 0.841. The second-order valence-electron chi connectivity index (χ2n) is 4.62. The van der Waals surface area contributed by atoms with Crippen molar-refractivity contribution in [2.45, 2.75) is 19.1 Å². The van der Waals surface area contributed by atoms with Gasteiger partial charge in [-0.15, -0.1) is 0 Å². The van der Waals surface area contributed by atoms with E-state index in [9.17, 15) is 18.0 Å². The summed E-state index contributed by atoms with van der Waals surface area (Å²) in [6.07, 6.45) is -4.47. The van der Waals surface area contributed by atoms with Crippen LogP contribution in [-0.2, 0) is 15.7 Å². The molecule has 0 saturated carbocycles. The Bertz CT molecular complexity index is 477. The molecule has 1 N–H and O–H groups in total. The van der Waals surface area contributed by atoms with Crippen LogP contribution in [0.25, 0.3) is 0 Å². The molecule has 0 aliphatic rings. The summed E-state index contributed by atoms with van der Waals surface area (Å²) in [7, 11) is 1.45. The maximum absolute atomic E-state index is 13.0. The molecule has 118 valence electrons. The number of hydrogen-bond donors (Lipinski definition) is 1. The van der Waals surface area contributed by atoms with Crippen molar-refractivity contribution < 1.29 is 27.8 Å². The number of aliphatic carboxylic acids is 1. The molecular formula is C14H18F3NO3. The molecule has 1 rings (SSSR count). The van der Waals surface area contributed by atoms with Gasteiger partial charge in [-0.1, -0.05) is 18.2 Å². The van der Waals surface area contributed by atoms with E-state index in [1.54, 1.807) is 6.92 Å². The number of carboxylic acid groups (broad SMARTS) is 1. The van der Waals surface area contributed by atoms with Gasteiger partial charge in [-0.2, -0.15) is 13.2 Å². The maximum Gasteiger partial charge on any atom is 0.416 e. The van der Waals surface area contributed by atoms with E-state index >= 15 is 0 Å². The Morgan fingerprint density at radius 1 is 1.38 bits per heavy atom. The molecular weight excluding hydrogens is 287 g/mol. The third-order valence-electron chi connectivity index (χ3n) is 3.18. The normalized spacial score (nSPS) is 13.4. The second kappa shape index (κ2) is 7.42. The standard InChI is InChI=1S/C14H18F3NO3/c1-10(18(7-8-21-2)9-13(19)20)11-5-3-4-6-12(11)14(15,16)17/h3-6,10H,7-9H2,1-2H3,(H,19,20). The van der Waals surface area contributed by atoms with Crippen LogP contribution in [0.5, 0.6) is 0 Å².